The molecule has 0 radical (unpaired) electrons. The highest BCUT2D eigenvalue weighted by Crippen LogP contribution is 2.68. The van der Waals surface area contributed by atoms with E-state index < -0.39 is 22.6 Å². The summed E-state index contributed by atoms with van der Waals surface area (Å²) in [6.45, 7) is 13.5. The van der Waals surface area contributed by atoms with E-state index in [0.29, 0.717) is 45.8 Å². The molecular weight excluding hydrogens is 596 g/mol. The van der Waals surface area contributed by atoms with Crippen LogP contribution in [0.4, 0.5) is 0 Å². The van der Waals surface area contributed by atoms with Gasteiger partial charge in [0.15, 0.2) is 0 Å². The van der Waals surface area contributed by atoms with Gasteiger partial charge in [0.1, 0.15) is 6.04 Å². The van der Waals surface area contributed by atoms with Crippen molar-refractivity contribution in [3.8, 4) is 0 Å². The molecule has 4 saturated heterocycles. The average molecular weight is 642 g/mol. The van der Waals surface area contributed by atoms with Crippen LogP contribution in [0.3, 0.4) is 0 Å². The van der Waals surface area contributed by atoms with Crippen LogP contribution >= 0.6 is 27.7 Å². The van der Waals surface area contributed by atoms with E-state index in [1.807, 2.05) is 4.90 Å². The molecule has 6 atom stereocenters. The van der Waals surface area contributed by atoms with Gasteiger partial charge in [0.05, 0.1) is 29.8 Å². The molecule has 4 fully saturated rings. The molecule has 224 valence electrons. The lowest BCUT2D eigenvalue weighted by atomic mass is 9.70. The number of likely N-dealkylation sites (tertiary alicyclic amines) is 1. The Labute approximate surface area is 251 Å². The predicted molar refractivity (Wildman–Crippen MR) is 161 cm³/mol. The second-order valence-corrected chi connectivity index (χ2v) is 14.1. The number of fused-ring (bicyclic) bond motifs is 1. The van der Waals surface area contributed by atoms with Crippen molar-refractivity contribution in [3.05, 3.63) is 25.3 Å². The third-order valence-electron chi connectivity index (χ3n) is 8.85. The molecule has 4 heterocycles. The fraction of sp³-hybridized carbons (Fsp3) is 0.759. The van der Waals surface area contributed by atoms with Crippen molar-refractivity contribution >= 4 is 45.4 Å². The summed E-state index contributed by atoms with van der Waals surface area (Å²) in [5.41, 5.74) is 0. The molecule has 1 N–H and O–H groups in total. The number of rotatable bonds is 15. The predicted octanol–water partition coefficient (Wildman–Crippen LogP) is 1.99. The number of unbranched alkanes of at least 4 members (excludes halogenated alkanes) is 3. The Morgan fingerprint density at radius 1 is 1.12 bits per heavy atom. The number of carbonyl (C=O) groups excluding carboxylic acids is 3. The minimum Gasteiger partial charge on any atom is -0.396 e. The van der Waals surface area contributed by atoms with Gasteiger partial charge in [-0.3, -0.25) is 19.3 Å². The van der Waals surface area contributed by atoms with Crippen LogP contribution in [0, 0.1) is 11.8 Å². The molecule has 0 saturated carbocycles. The molecule has 2 bridgehead atoms. The Kier molecular flexibility index (Phi) is 11.2. The normalized spacial score (nSPS) is 31.3. The van der Waals surface area contributed by atoms with Crippen LogP contribution < -0.4 is 0 Å². The molecule has 40 heavy (non-hydrogen) atoms. The molecule has 0 aromatic rings. The molecule has 3 amide bonds. The first-order valence-electron chi connectivity index (χ1n) is 14.6. The van der Waals surface area contributed by atoms with Crippen LogP contribution in [0.5, 0.6) is 0 Å². The van der Waals surface area contributed by atoms with Gasteiger partial charge in [-0.2, -0.15) is 0 Å². The van der Waals surface area contributed by atoms with Crippen molar-refractivity contribution in [2.45, 2.75) is 53.0 Å². The van der Waals surface area contributed by atoms with Crippen molar-refractivity contribution in [2.24, 2.45) is 11.8 Å². The monoisotopic (exact) mass is 640 g/mol. The molecule has 4 aliphatic heterocycles. The maximum absolute atomic E-state index is 14.5. The SMILES string of the molecule is C=CCN(C)C(=O)[C@H]1[C@@H]2SC3(CC2Br)C(C(=O)N(CC=C)CCN2CCOCC2)N(CCCCCCO)C(=O)[C@H]13. The minimum absolute atomic E-state index is 0.0419. The summed E-state index contributed by atoms with van der Waals surface area (Å²) in [6.07, 6.45) is 7.37. The molecule has 3 unspecified atom stereocenters. The van der Waals surface area contributed by atoms with Crippen molar-refractivity contribution < 1.29 is 24.2 Å². The van der Waals surface area contributed by atoms with Gasteiger partial charge in [0.2, 0.25) is 17.7 Å². The van der Waals surface area contributed by atoms with Gasteiger partial charge in [0, 0.05) is 69.5 Å². The number of ether oxygens (including phenoxy) is 1. The summed E-state index contributed by atoms with van der Waals surface area (Å²) in [5, 5.41) is 9.12. The molecule has 11 heteroatoms. The second kappa shape index (κ2) is 14.2. The van der Waals surface area contributed by atoms with Gasteiger partial charge >= 0.3 is 0 Å². The standard InChI is InChI=1S/C29H45BrN4O5S/c1-4-10-31(3)26(36)22-23-27(37)34(12-8-6-7-9-17-35)25(29(23)20-21(30)24(22)40-29)28(38)33(11-5-2)14-13-32-15-18-39-19-16-32/h4-5,21-25,35H,1-2,6-20H2,3H3/t21?,22-,23+,24-,25?,29?/m1/s1. The summed E-state index contributed by atoms with van der Waals surface area (Å²) in [5.74, 6) is -1.15. The van der Waals surface area contributed by atoms with Gasteiger partial charge in [0.25, 0.3) is 0 Å². The van der Waals surface area contributed by atoms with Gasteiger partial charge in [-0.1, -0.05) is 40.9 Å². The maximum Gasteiger partial charge on any atom is 0.247 e. The summed E-state index contributed by atoms with van der Waals surface area (Å²) in [4.78, 5) is 50.1. The number of alkyl halides is 1. The lowest BCUT2D eigenvalue weighted by Crippen LogP contribution is -2.56. The van der Waals surface area contributed by atoms with Crippen LogP contribution in [0.2, 0.25) is 0 Å². The van der Waals surface area contributed by atoms with Crippen molar-refractivity contribution in [1.82, 2.24) is 19.6 Å². The highest BCUT2D eigenvalue weighted by Gasteiger charge is 2.75. The molecule has 1 spiro atoms. The zero-order valence-corrected chi connectivity index (χ0v) is 26.1. The van der Waals surface area contributed by atoms with E-state index >= 15 is 0 Å². The number of carbonyl (C=O) groups is 3. The summed E-state index contributed by atoms with van der Waals surface area (Å²) >= 11 is 5.53. The number of aliphatic hydroxyl groups is 1. The Balaban J connectivity index is 1.63. The second-order valence-electron chi connectivity index (χ2n) is 11.4. The lowest BCUT2D eigenvalue weighted by molar-refractivity contribution is -0.144. The van der Waals surface area contributed by atoms with Crippen molar-refractivity contribution in [3.63, 3.8) is 0 Å². The number of amides is 3. The first-order chi connectivity index (χ1) is 19.3. The molecular formula is C29H45BrN4O5S. The average Bonchev–Trinajstić information content (AvgIpc) is 3.54. The molecule has 9 nitrogen and oxygen atoms in total. The van der Waals surface area contributed by atoms with Gasteiger partial charge in [-0.05, 0) is 19.3 Å². The lowest BCUT2D eigenvalue weighted by Gasteiger charge is -2.39. The van der Waals surface area contributed by atoms with Gasteiger partial charge in [-0.15, -0.1) is 24.9 Å². The fourth-order valence-corrected chi connectivity index (χ4v) is 10.5. The first-order valence-corrected chi connectivity index (χ1v) is 16.4. The van der Waals surface area contributed by atoms with E-state index in [0.717, 1.165) is 45.3 Å². The van der Waals surface area contributed by atoms with Crippen LogP contribution in [-0.2, 0) is 19.1 Å². The number of nitrogens with zero attached hydrogens (tertiary/aromatic N) is 4. The van der Waals surface area contributed by atoms with Gasteiger partial charge < -0.3 is 24.5 Å². The number of hydrogen-bond acceptors (Lipinski definition) is 7. The number of morpholine rings is 1. The van der Waals surface area contributed by atoms with Crippen LogP contribution in [0.1, 0.15) is 32.1 Å². The van der Waals surface area contributed by atoms with Gasteiger partial charge in [-0.25, -0.2) is 0 Å². The third kappa shape index (κ3) is 6.19. The Hall–Kier alpha value is -1.40. The summed E-state index contributed by atoms with van der Waals surface area (Å²) < 4.78 is 4.83. The Bertz CT molecular complexity index is 949. The molecule has 0 aliphatic carbocycles. The highest BCUT2D eigenvalue weighted by molar-refractivity contribution is 9.09. The number of thioether (sulfide) groups is 1. The maximum atomic E-state index is 14.5. The molecule has 0 aromatic carbocycles. The Morgan fingerprint density at radius 3 is 2.50 bits per heavy atom. The van der Waals surface area contributed by atoms with E-state index in [1.54, 1.807) is 40.8 Å². The van der Waals surface area contributed by atoms with Crippen LogP contribution in [0.15, 0.2) is 25.3 Å². The van der Waals surface area contributed by atoms with E-state index in [-0.39, 0.29) is 34.4 Å². The smallest absolute Gasteiger partial charge is 0.247 e. The summed E-state index contributed by atoms with van der Waals surface area (Å²) in [6, 6.07) is -0.620. The highest BCUT2D eigenvalue weighted by atomic mass is 79.9. The first kappa shape index (κ1) is 31.5. The van der Waals surface area contributed by atoms with Crippen LogP contribution in [-0.4, -0.2) is 136 Å². The molecule has 4 aliphatic rings. The van der Waals surface area contributed by atoms with Crippen molar-refractivity contribution in [2.75, 3.05) is 72.7 Å². The van der Waals surface area contributed by atoms with Crippen molar-refractivity contribution in [1.29, 1.82) is 0 Å². The molecule has 0 aromatic heterocycles. The topological polar surface area (TPSA) is 93.6 Å². The van der Waals surface area contributed by atoms with E-state index in [1.165, 1.54) is 0 Å². The van der Waals surface area contributed by atoms with Crippen LogP contribution in [0.25, 0.3) is 0 Å². The fourth-order valence-electron chi connectivity index (χ4n) is 6.92. The number of likely N-dealkylation sites (N-methyl/N-ethyl adjacent to an activating group) is 1. The number of aliphatic hydroxyl groups excluding tert-OH is 1. The minimum atomic E-state index is -0.647. The third-order valence-corrected chi connectivity index (χ3v) is 12.1. The summed E-state index contributed by atoms with van der Waals surface area (Å²) in [7, 11) is 1.76. The molecule has 4 rings (SSSR count). The Morgan fingerprint density at radius 2 is 1.82 bits per heavy atom. The zero-order valence-electron chi connectivity index (χ0n) is 23.7. The zero-order chi connectivity index (χ0) is 28.9. The van der Waals surface area contributed by atoms with E-state index in [2.05, 4.69) is 34.0 Å². The van der Waals surface area contributed by atoms with E-state index in [4.69, 9.17) is 4.74 Å². The largest absolute Gasteiger partial charge is 0.396 e. The van der Waals surface area contributed by atoms with E-state index in [9.17, 15) is 19.5 Å². The number of hydrogen-bond donors (Lipinski definition) is 1. The quantitative estimate of drug-likeness (QED) is 0.166. The number of halogens is 1.